The summed E-state index contributed by atoms with van der Waals surface area (Å²) < 4.78 is 51.8. The third-order valence-electron chi connectivity index (χ3n) is 3.44. The van der Waals surface area contributed by atoms with E-state index in [9.17, 15) is 22.4 Å². The molecule has 0 spiro atoms. The lowest BCUT2D eigenvalue weighted by molar-refractivity contribution is -0.140. The predicted molar refractivity (Wildman–Crippen MR) is 71.8 cm³/mol. The van der Waals surface area contributed by atoms with E-state index in [1.165, 1.54) is 4.90 Å². The first-order valence-electron chi connectivity index (χ1n) is 6.23. The van der Waals surface area contributed by atoms with E-state index in [2.05, 4.69) is 0 Å². The number of hydrogen-bond donors (Lipinski definition) is 1. The molecule has 0 saturated carbocycles. The molecule has 0 bridgehead atoms. The van der Waals surface area contributed by atoms with Crippen molar-refractivity contribution >= 4 is 18.3 Å². The Morgan fingerprint density at radius 1 is 1.38 bits per heavy atom. The summed E-state index contributed by atoms with van der Waals surface area (Å²) in [5.74, 6) is -2.26. The van der Waals surface area contributed by atoms with Crippen molar-refractivity contribution in [1.29, 1.82) is 0 Å². The zero-order valence-corrected chi connectivity index (χ0v) is 11.8. The van der Waals surface area contributed by atoms with Gasteiger partial charge in [0.25, 0.3) is 5.91 Å². The normalized spacial score (nSPS) is 18.5. The van der Waals surface area contributed by atoms with Crippen molar-refractivity contribution < 1.29 is 22.4 Å². The number of amides is 1. The molecule has 118 valence electrons. The Kier molecular flexibility index (Phi) is 5.58. The quantitative estimate of drug-likeness (QED) is 0.850. The van der Waals surface area contributed by atoms with Crippen molar-refractivity contribution in [1.82, 2.24) is 4.90 Å². The van der Waals surface area contributed by atoms with E-state index >= 15 is 0 Å². The summed E-state index contributed by atoms with van der Waals surface area (Å²) >= 11 is 0. The van der Waals surface area contributed by atoms with Gasteiger partial charge in [-0.25, -0.2) is 4.39 Å². The number of rotatable bonds is 2. The number of carbonyl (C=O) groups is 1. The molecule has 1 aliphatic rings. The number of halogens is 5. The van der Waals surface area contributed by atoms with Gasteiger partial charge in [-0.15, -0.1) is 12.4 Å². The van der Waals surface area contributed by atoms with Crippen LogP contribution in [0.15, 0.2) is 18.2 Å². The van der Waals surface area contributed by atoms with Gasteiger partial charge in [0.1, 0.15) is 5.82 Å². The van der Waals surface area contributed by atoms with Crippen LogP contribution in [0.3, 0.4) is 0 Å². The summed E-state index contributed by atoms with van der Waals surface area (Å²) in [6.45, 7) is 0.600. The zero-order chi connectivity index (χ0) is 14.9. The molecular weight excluding hydrogens is 312 g/mol. The Morgan fingerprint density at radius 2 is 2.05 bits per heavy atom. The molecule has 1 aromatic rings. The maximum absolute atomic E-state index is 13.9. The number of benzene rings is 1. The van der Waals surface area contributed by atoms with E-state index in [4.69, 9.17) is 5.73 Å². The number of carbonyl (C=O) groups excluding carboxylic acids is 1. The summed E-state index contributed by atoms with van der Waals surface area (Å²) in [5.41, 5.74) is 3.53. The lowest BCUT2D eigenvalue weighted by atomic mass is 10.1. The van der Waals surface area contributed by atoms with Crippen molar-refractivity contribution in [2.75, 3.05) is 13.1 Å². The monoisotopic (exact) mass is 326 g/mol. The number of likely N-dealkylation sites (tertiary alicyclic amines) is 1. The molecule has 8 heteroatoms. The number of hydrogen-bond acceptors (Lipinski definition) is 2. The molecule has 0 aliphatic carbocycles. The summed E-state index contributed by atoms with van der Waals surface area (Å²) in [4.78, 5) is 13.5. The standard InChI is InChI=1S/C13H14F4N2O.ClH/c14-11-9(4-1-5-10(11)13(15,16)17)12(20)19-6-2-3-8(19)7-18;/h1,4-5,8H,2-3,6-7,18H2;1H. The van der Waals surface area contributed by atoms with Gasteiger partial charge in [0.15, 0.2) is 0 Å². The maximum Gasteiger partial charge on any atom is 0.419 e. The largest absolute Gasteiger partial charge is 0.419 e. The molecule has 0 radical (unpaired) electrons. The second-order valence-electron chi connectivity index (χ2n) is 4.70. The van der Waals surface area contributed by atoms with Crippen molar-refractivity contribution in [2.24, 2.45) is 5.73 Å². The molecule has 1 saturated heterocycles. The van der Waals surface area contributed by atoms with Gasteiger partial charge in [0.2, 0.25) is 0 Å². The van der Waals surface area contributed by atoms with E-state index < -0.39 is 29.0 Å². The minimum absolute atomic E-state index is 0. The highest BCUT2D eigenvalue weighted by Gasteiger charge is 2.37. The molecule has 1 amide bonds. The molecular formula is C13H15ClF4N2O. The van der Waals surface area contributed by atoms with Crippen LogP contribution in [0.2, 0.25) is 0 Å². The van der Waals surface area contributed by atoms with Crippen LogP contribution in [0.5, 0.6) is 0 Å². The number of nitrogens with zero attached hydrogens (tertiary/aromatic N) is 1. The van der Waals surface area contributed by atoms with Crippen LogP contribution in [0.25, 0.3) is 0 Å². The second kappa shape index (κ2) is 6.62. The maximum atomic E-state index is 13.9. The summed E-state index contributed by atoms with van der Waals surface area (Å²) in [5, 5.41) is 0. The van der Waals surface area contributed by atoms with Crippen LogP contribution >= 0.6 is 12.4 Å². The van der Waals surface area contributed by atoms with Crippen molar-refractivity contribution in [2.45, 2.75) is 25.1 Å². The first-order chi connectivity index (χ1) is 9.36. The van der Waals surface area contributed by atoms with Crippen molar-refractivity contribution in [3.05, 3.63) is 35.1 Å². The van der Waals surface area contributed by atoms with Crippen LogP contribution in [-0.2, 0) is 6.18 Å². The number of nitrogens with two attached hydrogens (primary N) is 1. The van der Waals surface area contributed by atoms with Crippen molar-refractivity contribution in [3.8, 4) is 0 Å². The van der Waals surface area contributed by atoms with E-state index in [-0.39, 0.29) is 25.0 Å². The highest BCUT2D eigenvalue weighted by Crippen LogP contribution is 2.33. The fourth-order valence-electron chi connectivity index (χ4n) is 2.42. The lowest BCUT2D eigenvalue weighted by Crippen LogP contribution is -2.40. The average Bonchev–Trinajstić information content (AvgIpc) is 2.85. The fraction of sp³-hybridized carbons (Fsp3) is 0.462. The SMILES string of the molecule is Cl.NCC1CCCN1C(=O)c1cccc(C(F)(F)F)c1F. The topological polar surface area (TPSA) is 46.3 Å². The van der Waals surface area contributed by atoms with Crippen LogP contribution in [-0.4, -0.2) is 29.9 Å². The highest BCUT2D eigenvalue weighted by molar-refractivity contribution is 5.95. The van der Waals surface area contributed by atoms with Crippen LogP contribution in [0.1, 0.15) is 28.8 Å². The highest BCUT2D eigenvalue weighted by atomic mass is 35.5. The van der Waals surface area contributed by atoms with Gasteiger partial charge in [0.05, 0.1) is 11.1 Å². The van der Waals surface area contributed by atoms with Crippen LogP contribution < -0.4 is 5.73 Å². The van der Waals surface area contributed by atoms with E-state index in [0.717, 1.165) is 12.1 Å². The van der Waals surface area contributed by atoms with Gasteiger partial charge in [-0.2, -0.15) is 13.2 Å². The van der Waals surface area contributed by atoms with Crippen molar-refractivity contribution in [3.63, 3.8) is 0 Å². The Labute approximate surface area is 125 Å². The minimum atomic E-state index is -4.82. The molecule has 0 aromatic heterocycles. The molecule has 1 fully saturated rings. The molecule has 1 heterocycles. The smallest absolute Gasteiger partial charge is 0.334 e. The van der Waals surface area contributed by atoms with Crippen LogP contribution in [0, 0.1) is 5.82 Å². The molecule has 2 N–H and O–H groups in total. The first-order valence-corrected chi connectivity index (χ1v) is 6.23. The molecule has 21 heavy (non-hydrogen) atoms. The van der Waals surface area contributed by atoms with Gasteiger partial charge in [-0.1, -0.05) is 6.07 Å². The summed E-state index contributed by atoms with van der Waals surface area (Å²) in [6, 6.07) is 2.48. The average molecular weight is 327 g/mol. The molecule has 1 aromatic carbocycles. The Morgan fingerprint density at radius 3 is 2.62 bits per heavy atom. The molecule has 3 nitrogen and oxygen atoms in total. The van der Waals surface area contributed by atoms with E-state index in [1.807, 2.05) is 0 Å². The third-order valence-corrected chi connectivity index (χ3v) is 3.44. The van der Waals surface area contributed by atoms with Gasteiger partial charge >= 0.3 is 6.18 Å². The van der Waals surface area contributed by atoms with Gasteiger partial charge in [0, 0.05) is 19.1 Å². The molecule has 1 aliphatic heterocycles. The molecule has 1 atom stereocenters. The van der Waals surface area contributed by atoms with Gasteiger partial charge in [-0.3, -0.25) is 4.79 Å². The zero-order valence-electron chi connectivity index (χ0n) is 11.0. The predicted octanol–water partition coefficient (Wildman–Crippen LogP) is 2.83. The molecule has 2 rings (SSSR count). The third kappa shape index (κ3) is 3.47. The Balaban J connectivity index is 0.00000220. The van der Waals surface area contributed by atoms with E-state index in [1.54, 1.807) is 0 Å². The fourth-order valence-corrected chi connectivity index (χ4v) is 2.42. The summed E-state index contributed by atoms with van der Waals surface area (Å²) in [6.07, 6.45) is -3.42. The number of alkyl halides is 3. The van der Waals surface area contributed by atoms with Gasteiger partial charge < -0.3 is 10.6 Å². The first kappa shape index (κ1) is 17.7. The summed E-state index contributed by atoms with van der Waals surface area (Å²) in [7, 11) is 0. The van der Waals surface area contributed by atoms with Gasteiger partial charge in [-0.05, 0) is 25.0 Å². The Hall–Kier alpha value is -1.34. The van der Waals surface area contributed by atoms with Crippen LogP contribution in [0.4, 0.5) is 17.6 Å². The second-order valence-corrected chi connectivity index (χ2v) is 4.70. The van der Waals surface area contributed by atoms with E-state index in [0.29, 0.717) is 25.5 Å². The lowest BCUT2D eigenvalue weighted by Gasteiger charge is -2.24. The molecule has 1 unspecified atom stereocenters. The Bertz CT molecular complexity index is 521. The minimum Gasteiger partial charge on any atom is -0.334 e.